The van der Waals surface area contributed by atoms with E-state index in [4.69, 9.17) is 9.72 Å². The highest BCUT2D eigenvalue weighted by Crippen LogP contribution is 2.28. The number of aromatic nitrogens is 2. The highest BCUT2D eigenvalue weighted by atomic mass is 16.5. The second-order valence-electron chi connectivity index (χ2n) is 8.76. The molecule has 2 aromatic carbocycles. The average Bonchev–Trinajstić information content (AvgIpc) is 2.73. The Bertz CT molecular complexity index is 1050. The molecule has 6 heteroatoms. The van der Waals surface area contributed by atoms with E-state index in [1.54, 1.807) is 0 Å². The SMILES string of the molecule is CC(C)(C)C(=O)Nc1cccc(Oc2ccc3ncc(N4CCCCC4)nc3c2)c1. The van der Waals surface area contributed by atoms with Crippen LogP contribution in [-0.4, -0.2) is 29.0 Å². The number of benzene rings is 2. The van der Waals surface area contributed by atoms with Crippen LogP contribution in [0.3, 0.4) is 0 Å². The highest BCUT2D eigenvalue weighted by molar-refractivity contribution is 5.94. The molecule has 2 heterocycles. The normalized spacial score (nSPS) is 14.6. The van der Waals surface area contributed by atoms with Crippen LogP contribution in [0.4, 0.5) is 11.5 Å². The van der Waals surface area contributed by atoms with Gasteiger partial charge in [0.25, 0.3) is 0 Å². The van der Waals surface area contributed by atoms with Gasteiger partial charge in [-0.3, -0.25) is 9.78 Å². The summed E-state index contributed by atoms with van der Waals surface area (Å²) < 4.78 is 6.05. The maximum atomic E-state index is 12.2. The molecule has 3 aromatic rings. The summed E-state index contributed by atoms with van der Waals surface area (Å²) in [6, 6.07) is 13.1. The number of fused-ring (bicyclic) bond motifs is 1. The zero-order valence-electron chi connectivity index (χ0n) is 17.8. The fourth-order valence-corrected chi connectivity index (χ4v) is 3.41. The minimum Gasteiger partial charge on any atom is -0.457 e. The van der Waals surface area contributed by atoms with Crippen LogP contribution in [0.5, 0.6) is 11.5 Å². The Morgan fingerprint density at radius 1 is 1.00 bits per heavy atom. The van der Waals surface area contributed by atoms with Crippen molar-refractivity contribution >= 4 is 28.4 Å². The van der Waals surface area contributed by atoms with Crippen molar-refractivity contribution in [3.05, 3.63) is 48.7 Å². The number of amides is 1. The summed E-state index contributed by atoms with van der Waals surface area (Å²) in [5.74, 6) is 2.23. The summed E-state index contributed by atoms with van der Waals surface area (Å²) in [6.45, 7) is 7.72. The van der Waals surface area contributed by atoms with Gasteiger partial charge in [0.15, 0.2) is 0 Å². The Morgan fingerprint density at radius 2 is 1.77 bits per heavy atom. The quantitative estimate of drug-likeness (QED) is 0.631. The van der Waals surface area contributed by atoms with Crippen molar-refractivity contribution in [1.82, 2.24) is 9.97 Å². The third kappa shape index (κ3) is 4.70. The van der Waals surface area contributed by atoms with Crippen molar-refractivity contribution < 1.29 is 9.53 Å². The van der Waals surface area contributed by atoms with Gasteiger partial charge in [-0.25, -0.2) is 4.98 Å². The minimum atomic E-state index is -0.458. The van der Waals surface area contributed by atoms with E-state index in [1.807, 2.05) is 69.4 Å². The lowest BCUT2D eigenvalue weighted by molar-refractivity contribution is -0.123. The summed E-state index contributed by atoms with van der Waals surface area (Å²) >= 11 is 0. The van der Waals surface area contributed by atoms with Crippen molar-refractivity contribution in [2.24, 2.45) is 5.41 Å². The number of hydrogen-bond acceptors (Lipinski definition) is 5. The molecule has 30 heavy (non-hydrogen) atoms. The lowest BCUT2D eigenvalue weighted by Gasteiger charge is -2.27. The first-order chi connectivity index (χ1) is 14.4. The fourth-order valence-electron chi connectivity index (χ4n) is 3.41. The predicted octanol–water partition coefficient (Wildman–Crippen LogP) is 5.40. The van der Waals surface area contributed by atoms with Crippen LogP contribution in [0.2, 0.25) is 0 Å². The lowest BCUT2D eigenvalue weighted by Crippen LogP contribution is -2.30. The fraction of sp³-hybridized carbons (Fsp3) is 0.375. The molecular weight excluding hydrogens is 376 g/mol. The number of nitrogens with zero attached hydrogens (tertiary/aromatic N) is 3. The van der Waals surface area contributed by atoms with Gasteiger partial charge in [-0.1, -0.05) is 26.8 Å². The number of carbonyl (C=O) groups is 1. The largest absolute Gasteiger partial charge is 0.457 e. The van der Waals surface area contributed by atoms with Gasteiger partial charge < -0.3 is 15.0 Å². The van der Waals surface area contributed by atoms with E-state index in [2.05, 4.69) is 15.2 Å². The number of hydrogen-bond donors (Lipinski definition) is 1. The van der Waals surface area contributed by atoms with Gasteiger partial charge >= 0.3 is 0 Å². The van der Waals surface area contributed by atoms with Gasteiger partial charge in [0.1, 0.15) is 17.3 Å². The number of piperidine rings is 1. The van der Waals surface area contributed by atoms with Crippen LogP contribution in [0.1, 0.15) is 40.0 Å². The van der Waals surface area contributed by atoms with Gasteiger partial charge in [0, 0.05) is 36.3 Å². The van der Waals surface area contributed by atoms with Crippen LogP contribution in [-0.2, 0) is 4.79 Å². The van der Waals surface area contributed by atoms with Crippen molar-refractivity contribution in [3.8, 4) is 11.5 Å². The summed E-state index contributed by atoms with van der Waals surface area (Å²) in [4.78, 5) is 23.9. The van der Waals surface area contributed by atoms with Gasteiger partial charge in [0.05, 0.1) is 17.2 Å². The van der Waals surface area contributed by atoms with Crippen LogP contribution < -0.4 is 15.0 Å². The van der Waals surface area contributed by atoms with Gasteiger partial charge in [0.2, 0.25) is 5.91 Å². The summed E-state index contributed by atoms with van der Waals surface area (Å²) in [7, 11) is 0. The van der Waals surface area contributed by atoms with E-state index in [0.717, 1.165) is 29.9 Å². The smallest absolute Gasteiger partial charge is 0.229 e. The van der Waals surface area contributed by atoms with E-state index in [-0.39, 0.29) is 5.91 Å². The molecule has 1 N–H and O–H groups in total. The van der Waals surface area contributed by atoms with Crippen LogP contribution in [0, 0.1) is 5.41 Å². The first kappa shape index (κ1) is 20.1. The third-order valence-electron chi connectivity index (χ3n) is 5.19. The summed E-state index contributed by atoms with van der Waals surface area (Å²) in [5.41, 5.74) is 1.90. The number of carbonyl (C=O) groups excluding carboxylic acids is 1. The van der Waals surface area contributed by atoms with Crippen LogP contribution >= 0.6 is 0 Å². The lowest BCUT2D eigenvalue weighted by atomic mass is 9.95. The second-order valence-corrected chi connectivity index (χ2v) is 8.76. The number of ether oxygens (including phenoxy) is 1. The zero-order valence-corrected chi connectivity index (χ0v) is 17.8. The van der Waals surface area contributed by atoms with Crippen LogP contribution in [0.15, 0.2) is 48.7 Å². The van der Waals surface area contributed by atoms with Crippen molar-refractivity contribution in [2.45, 2.75) is 40.0 Å². The average molecular weight is 405 g/mol. The molecule has 156 valence electrons. The Labute approximate surface area is 177 Å². The molecule has 1 aliphatic heterocycles. The molecule has 0 radical (unpaired) electrons. The predicted molar refractivity (Wildman–Crippen MR) is 120 cm³/mol. The van der Waals surface area contributed by atoms with Crippen LogP contribution in [0.25, 0.3) is 11.0 Å². The zero-order chi connectivity index (χ0) is 21.1. The Kier molecular flexibility index (Phi) is 5.57. The highest BCUT2D eigenvalue weighted by Gasteiger charge is 2.21. The Balaban J connectivity index is 1.53. The van der Waals surface area contributed by atoms with Gasteiger partial charge in [-0.05, 0) is 43.5 Å². The molecule has 0 saturated carbocycles. The topological polar surface area (TPSA) is 67.3 Å². The standard InChI is InChI=1S/C24H28N4O2/c1-24(2,3)23(29)26-17-8-7-9-18(14-17)30-19-10-11-20-21(15-19)27-22(16-25-20)28-12-5-4-6-13-28/h7-11,14-16H,4-6,12-13H2,1-3H3,(H,26,29). The molecule has 0 atom stereocenters. The maximum Gasteiger partial charge on any atom is 0.229 e. The van der Waals surface area contributed by atoms with E-state index in [1.165, 1.54) is 19.3 Å². The van der Waals surface area contributed by atoms with E-state index in [9.17, 15) is 4.79 Å². The summed E-state index contributed by atoms with van der Waals surface area (Å²) in [6.07, 6.45) is 5.54. The molecule has 0 spiro atoms. The molecule has 1 aliphatic rings. The molecule has 1 fully saturated rings. The second kappa shape index (κ2) is 8.30. The van der Waals surface area contributed by atoms with Crippen molar-refractivity contribution in [3.63, 3.8) is 0 Å². The summed E-state index contributed by atoms with van der Waals surface area (Å²) in [5, 5.41) is 2.93. The molecular formula is C24H28N4O2. The first-order valence-corrected chi connectivity index (χ1v) is 10.5. The Morgan fingerprint density at radius 3 is 2.53 bits per heavy atom. The van der Waals surface area contributed by atoms with Crippen molar-refractivity contribution in [1.29, 1.82) is 0 Å². The molecule has 6 nitrogen and oxygen atoms in total. The monoisotopic (exact) mass is 404 g/mol. The van der Waals surface area contributed by atoms with Gasteiger partial charge in [-0.15, -0.1) is 0 Å². The molecule has 4 rings (SSSR count). The molecule has 1 aromatic heterocycles. The minimum absolute atomic E-state index is 0.0362. The first-order valence-electron chi connectivity index (χ1n) is 10.5. The number of nitrogens with one attached hydrogen (secondary N) is 1. The van der Waals surface area contributed by atoms with E-state index < -0.39 is 5.41 Å². The van der Waals surface area contributed by atoms with Gasteiger partial charge in [-0.2, -0.15) is 0 Å². The van der Waals surface area contributed by atoms with E-state index >= 15 is 0 Å². The molecule has 1 amide bonds. The maximum absolute atomic E-state index is 12.2. The molecule has 0 bridgehead atoms. The third-order valence-corrected chi connectivity index (χ3v) is 5.19. The molecule has 0 aliphatic carbocycles. The van der Waals surface area contributed by atoms with Crippen molar-refractivity contribution in [2.75, 3.05) is 23.3 Å². The number of rotatable bonds is 4. The molecule has 1 saturated heterocycles. The molecule has 0 unspecified atom stereocenters. The van der Waals surface area contributed by atoms with E-state index in [0.29, 0.717) is 17.2 Å². The Hall–Kier alpha value is -3.15. The number of anilines is 2.